The zero-order chi connectivity index (χ0) is 38.5. The van der Waals surface area contributed by atoms with Crippen molar-refractivity contribution in [3.8, 4) is 0 Å². The molecular formula is C42H82NO8P. The summed E-state index contributed by atoms with van der Waals surface area (Å²) in [6.45, 7) is 8.94. The maximum absolute atomic E-state index is 12.8. The fourth-order valence-electron chi connectivity index (χ4n) is 5.94. The van der Waals surface area contributed by atoms with E-state index < -0.39 is 26.5 Å². The normalized spacial score (nSPS) is 14.1. The lowest BCUT2D eigenvalue weighted by Crippen LogP contribution is -2.31. The van der Waals surface area contributed by atoms with Crippen LogP contribution >= 0.6 is 7.82 Å². The number of unbranched alkanes of at least 4 members (excludes halogenated alkanes) is 21. The quantitative estimate of drug-likeness (QED) is 0.0283. The topological polar surface area (TPSA) is 112 Å². The van der Waals surface area contributed by atoms with Crippen molar-refractivity contribution in [2.24, 2.45) is 5.92 Å². The highest BCUT2D eigenvalue weighted by Gasteiger charge is 2.27. The first-order valence-electron chi connectivity index (χ1n) is 21.5. The Bertz CT molecular complexity index is 901. The van der Waals surface area contributed by atoms with Gasteiger partial charge < -0.3 is 19.3 Å². The van der Waals surface area contributed by atoms with Crippen molar-refractivity contribution in [1.29, 1.82) is 0 Å². The minimum Gasteiger partial charge on any atom is -0.461 e. The standard InChI is InChI=1S/C42H82NO8P/c1-6-9-11-13-15-17-19-20-21-22-24-26-28-30-32-34-41(44)51-40(38-50-52(46,47)49-36-35-43(5)8-3)37-48-42(45)39(4)33-31-29-27-25-23-18-16-14-12-10-7-2/h20-21,39-40H,6-19,22-38H2,1-5H3,(H,46,47)/b21-20+. The molecule has 10 heteroatoms. The summed E-state index contributed by atoms with van der Waals surface area (Å²) < 4.78 is 33.8. The number of allylic oxidation sites excluding steroid dienone is 2. The molecule has 0 aliphatic carbocycles. The van der Waals surface area contributed by atoms with E-state index in [1.807, 2.05) is 25.8 Å². The Morgan fingerprint density at radius 3 is 1.67 bits per heavy atom. The fraction of sp³-hybridized carbons (Fsp3) is 0.905. The van der Waals surface area contributed by atoms with Crippen molar-refractivity contribution in [1.82, 2.24) is 4.90 Å². The summed E-state index contributed by atoms with van der Waals surface area (Å²) in [5, 5.41) is 0. The van der Waals surface area contributed by atoms with Crippen LogP contribution in [0.5, 0.6) is 0 Å². The van der Waals surface area contributed by atoms with Gasteiger partial charge in [0.1, 0.15) is 6.61 Å². The largest absolute Gasteiger partial charge is 0.472 e. The van der Waals surface area contributed by atoms with E-state index in [9.17, 15) is 19.0 Å². The summed E-state index contributed by atoms with van der Waals surface area (Å²) >= 11 is 0. The Balaban J connectivity index is 4.50. The lowest BCUT2D eigenvalue weighted by molar-refractivity contribution is -0.163. The van der Waals surface area contributed by atoms with Crippen LogP contribution in [-0.4, -0.2) is 67.8 Å². The molecule has 9 nitrogen and oxygen atoms in total. The monoisotopic (exact) mass is 760 g/mol. The molecule has 1 N–H and O–H groups in total. The fourth-order valence-corrected chi connectivity index (χ4v) is 6.68. The first-order valence-corrected chi connectivity index (χ1v) is 23.0. The van der Waals surface area contributed by atoms with Gasteiger partial charge in [-0.05, 0) is 52.1 Å². The molecule has 0 amide bonds. The van der Waals surface area contributed by atoms with Crippen molar-refractivity contribution in [2.45, 2.75) is 201 Å². The van der Waals surface area contributed by atoms with Gasteiger partial charge in [-0.2, -0.15) is 0 Å². The molecule has 52 heavy (non-hydrogen) atoms. The van der Waals surface area contributed by atoms with E-state index in [2.05, 4.69) is 26.0 Å². The summed E-state index contributed by atoms with van der Waals surface area (Å²) in [6, 6.07) is 0. The molecule has 0 saturated carbocycles. The number of ether oxygens (including phenoxy) is 2. The van der Waals surface area contributed by atoms with E-state index in [1.54, 1.807) is 0 Å². The van der Waals surface area contributed by atoms with Gasteiger partial charge in [-0.3, -0.25) is 18.6 Å². The molecule has 3 unspecified atom stereocenters. The molecule has 308 valence electrons. The maximum atomic E-state index is 12.8. The molecule has 3 atom stereocenters. The first kappa shape index (κ1) is 50.8. The van der Waals surface area contributed by atoms with Crippen molar-refractivity contribution in [2.75, 3.05) is 40.0 Å². The van der Waals surface area contributed by atoms with Gasteiger partial charge in [-0.1, -0.05) is 162 Å². The van der Waals surface area contributed by atoms with Gasteiger partial charge in [0, 0.05) is 13.0 Å². The molecule has 0 bridgehead atoms. The van der Waals surface area contributed by atoms with Crippen LogP contribution in [0.25, 0.3) is 0 Å². The summed E-state index contributed by atoms with van der Waals surface area (Å²) in [4.78, 5) is 37.6. The minimum absolute atomic E-state index is 0.0175. The van der Waals surface area contributed by atoms with Gasteiger partial charge >= 0.3 is 19.8 Å². The maximum Gasteiger partial charge on any atom is 0.472 e. The van der Waals surface area contributed by atoms with Gasteiger partial charge in [-0.25, -0.2) is 4.57 Å². The summed E-state index contributed by atoms with van der Waals surface area (Å²) in [5.41, 5.74) is 0. The molecular weight excluding hydrogens is 677 g/mol. The van der Waals surface area contributed by atoms with Crippen LogP contribution in [0.15, 0.2) is 12.2 Å². The van der Waals surface area contributed by atoms with Gasteiger partial charge in [0.15, 0.2) is 6.10 Å². The molecule has 0 radical (unpaired) electrons. The smallest absolute Gasteiger partial charge is 0.461 e. The molecule has 0 aromatic rings. The Morgan fingerprint density at radius 1 is 0.673 bits per heavy atom. The molecule has 0 heterocycles. The zero-order valence-electron chi connectivity index (χ0n) is 34.4. The number of likely N-dealkylation sites (N-methyl/N-ethyl adjacent to an activating group) is 1. The minimum atomic E-state index is -4.38. The summed E-state index contributed by atoms with van der Waals surface area (Å²) in [5.74, 6) is -1.08. The third kappa shape index (κ3) is 34.5. The number of esters is 2. The van der Waals surface area contributed by atoms with E-state index in [-0.39, 0.29) is 31.5 Å². The third-order valence-corrected chi connectivity index (χ3v) is 10.7. The van der Waals surface area contributed by atoms with E-state index in [0.29, 0.717) is 13.0 Å². The first-order chi connectivity index (χ1) is 25.1. The SMILES string of the molecule is CCCCCCCC/C=C/CCCCCCCC(=O)OC(COC(=O)C(C)CCCCCCCCCCCCC)COP(=O)(O)OCCN(C)CC. The number of rotatable bonds is 39. The Hall–Kier alpha value is -1.25. The molecule has 0 rings (SSSR count). The predicted molar refractivity (Wildman–Crippen MR) is 215 cm³/mol. The number of hydrogen-bond acceptors (Lipinski definition) is 8. The summed E-state index contributed by atoms with van der Waals surface area (Å²) in [7, 11) is -2.50. The predicted octanol–water partition coefficient (Wildman–Crippen LogP) is 11.9. The number of carbonyl (C=O) groups excluding carboxylic acids is 2. The van der Waals surface area contributed by atoms with Crippen LogP contribution in [0.4, 0.5) is 0 Å². The highest BCUT2D eigenvalue weighted by atomic mass is 31.2. The Labute approximate surface area is 320 Å². The molecule has 0 saturated heterocycles. The van der Waals surface area contributed by atoms with E-state index in [1.165, 1.54) is 103 Å². The molecule has 0 aliphatic rings. The van der Waals surface area contributed by atoms with Crippen LogP contribution in [-0.2, 0) is 32.7 Å². The number of phosphoric ester groups is 1. The second kappa shape index (κ2) is 36.7. The van der Waals surface area contributed by atoms with Crippen molar-refractivity contribution >= 4 is 19.8 Å². The van der Waals surface area contributed by atoms with E-state index >= 15 is 0 Å². The average molecular weight is 760 g/mol. The lowest BCUT2D eigenvalue weighted by Gasteiger charge is -2.21. The highest BCUT2D eigenvalue weighted by molar-refractivity contribution is 7.47. The number of carbonyl (C=O) groups is 2. The molecule has 0 aromatic carbocycles. The van der Waals surface area contributed by atoms with E-state index in [0.717, 1.165) is 57.9 Å². The van der Waals surface area contributed by atoms with Gasteiger partial charge in [-0.15, -0.1) is 0 Å². The molecule has 0 spiro atoms. The van der Waals surface area contributed by atoms with Crippen molar-refractivity contribution in [3.63, 3.8) is 0 Å². The van der Waals surface area contributed by atoms with Crippen LogP contribution in [0, 0.1) is 5.92 Å². The van der Waals surface area contributed by atoms with E-state index in [4.69, 9.17) is 18.5 Å². The average Bonchev–Trinajstić information content (AvgIpc) is 3.12. The van der Waals surface area contributed by atoms with Gasteiger partial charge in [0.25, 0.3) is 0 Å². The molecule has 0 fully saturated rings. The van der Waals surface area contributed by atoms with Crippen molar-refractivity contribution in [3.05, 3.63) is 12.2 Å². The Morgan fingerprint density at radius 2 is 1.15 bits per heavy atom. The third-order valence-electron chi connectivity index (χ3n) is 9.69. The lowest BCUT2D eigenvalue weighted by atomic mass is 10.0. The van der Waals surface area contributed by atoms with Gasteiger partial charge in [0.05, 0.1) is 19.1 Å². The zero-order valence-corrected chi connectivity index (χ0v) is 35.3. The molecule has 0 aliphatic heterocycles. The number of hydrogen-bond donors (Lipinski definition) is 1. The number of nitrogens with zero attached hydrogens (tertiary/aromatic N) is 1. The van der Waals surface area contributed by atoms with Crippen LogP contribution in [0.2, 0.25) is 0 Å². The second-order valence-corrected chi connectivity index (χ2v) is 16.2. The Kier molecular flexibility index (Phi) is 35.8. The summed E-state index contributed by atoms with van der Waals surface area (Å²) in [6.07, 6.45) is 33.5. The van der Waals surface area contributed by atoms with Crippen LogP contribution < -0.4 is 0 Å². The van der Waals surface area contributed by atoms with Crippen molar-refractivity contribution < 1.29 is 37.6 Å². The number of phosphoric acid groups is 1. The second-order valence-electron chi connectivity index (χ2n) is 14.8. The van der Waals surface area contributed by atoms with Crippen LogP contribution in [0.3, 0.4) is 0 Å². The molecule has 0 aromatic heterocycles. The highest BCUT2D eigenvalue weighted by Crippen LogP contribution is 2.43. The van der Waals surface area contributed by atoms with Gasteiger partial charge in [0.2, 0.25) is 0 Å². The van der Waals surface area contributed by atoms with Crippen LogP contribution in [0.1, 0.15) is 195 Å².